The van der Waals surface area contributed by atoms with Crippen LogP contribution in [0.25, 0.3) is 0 Å². The molecule has 2 heterocycles. The molecule has 0 unspecified atom stereocenters. The first-order chi connectivity index (χ1) is 12.7. The van der Waals surface area contributed by atoms with Crippen molar-refractivity contribution in [3.63, 3.8) is 0 Å². The van der Waals surface area contributed by atoms with E-state index in [1.54, 1.807) is 0 Å². The topological polar surface area (TPSA) is 54.9 Å². The first kappa shape index (κ1) is 20.2. The van der Waals surface area contributed by atoms with Crippen LogP contribution in [-0.2, 0) is 17.9 Å². The molecule has 0 atom stereocenters. The molecule has 4 rings (SSSR count). The highest BCUT2D eigenvalue weighted by molar-refractivity contribution is 14.0. The van der Waals surface area contributed by atoms with E-state index in [0.717, 1.165) is 37.8 Å². The van der Waals surface area contributed by atoms with Crippen molar-refractivity contribution in [3.05, 3.63) is 64.7 Å². The molecule has 0 aromatic heterocycles. The molecule has 1 saturated heterocycles. The lowest BCUT2D eigenvalue weighted by molar-refractivity contribution is -0.104. The second-order valence-electron chi connectivity index (χ2n) is 6.85. The fourth-order valence-electron chi connectivity index (χ4n) is 3.10. The van der Waals surface area contributed by atoms with Gasteiger partial charge in [-0.2, -0.15) is 0 Å². The molecule has 2 aliphatic heterocycles. The van der Waals surface area contributed by atoms with Crippen LogP contribution in [-0.4, -0.2) is 32.3 Å². The van der Waals surface area contributed by atoms with E-state index >= 15 is 0 Å². The summed E-state index contributed by atoms with van der Waals surface area (Å²) in [6.07, 6.45) is 0. The summed E-state index contributed by atoms with van der Waals surface area (Å²) in [5.41, 5.74) is 2.52. The van der Waals surface area contributed by atoms with Crippen LogP contribution in [0.4, 0.5) is 0 Å². The molecule has 2 N–H and O–H groups in total. The zero-order chi connectivity index (χ0) is 17.8. The van der Waals surface area contributed by atoms with Gasteiger partial charge in [0.25, 0.3) is 0 Å². The second-order valence-corrected chi connectivity index (χ2v) is 7.26. The molecule has 0 radical (unpaired) electrons. The van der Waals surface area contributed by atoms with Crippen molar-refractivity contribution < 1.29 is 9.47 Å². The molecule has 0 amide bonds. The minimum absolute atomic E-state index is 0. The molecule has 0 saturated carbocycles. The number of para-hydroxylation sites is 1. The molecule has 2 aromatic rings. The fraction of sp³-hybridized carbons (Fsp3) is 0.350. The summed E-state index contributed by atoms with van der Waals surface area (Å²) in [7, 11) is 0. The number of halogens is 2. The van der Waals surface area contributed by atoms with Gasteiger partial charge in [0.1, 0.15) is 12.4 Å². The summed E-state index contributed by atoms with van der Waals surface area (Å²) in [5.74, 6) is 1.55. The molecule has 7 heteroatoms. The summed E-state index contributed by atoms with van der Waals surface area (Å²) in [4.78, 5) is 4.62. The third-order valence-electron chi connectivity index (χ3n) is 4.80. The number of rotatable bonds is 5. The first-order valence-electron chi connectivity index (χ1n) is 8.78. The summed E-state index contributed by atoms with van der Waals surface area (Å²) in [6, 6.07) is 15.7. The van der Waals surface area contributed by atoms with E-state index in [4.69, 9.17) is 21.1 Å². The zero-order valence-corrected chi connectivity index (χ0v) is 18.0. The molecule has 1 fully saturated rings. The van der Waals surface area contributed by atoms with Crippen molar-refractivity contribution in [1.82, 2.24) is 10.6 Å². The quantitative estimate of drug-likeness (QED) is 0.618. The lowest BCUT2D eigenvalue weighted by Gasteiger charge is -2.43. The van der Waals surface area contributed by atoms with E-state index in [1.807, 2.05) is 36.4 Å². The predicted octanol–water partition coefficient (Wildman–Crippen LogP) is 3.60. The largest absolute Gasteiger partial charge is 0.487 e. The molecular weight excluding hydrogens is 477 g/mol. The van der Waals surface area contributed by atoms with Crippen LogP contribution in [0.2, 0.25) is 5.02 Å². The van der Waals surface area contributed by atoms with Crippen LogP contribution < -0.4 is 15.4 Å². The van der Waals surface area contributed by atoms with Crippen molar-refractivity contribution in [3.8, 4) is 5.75 Å². The Morgan fingerprint density at radius 3 is 2.52 bits per heavy atom. The molecule has 1 spiro atoms. The Morgan fingerprint density at radius 2 is 1.85 bits per heavy atom. The van der Waals surface area contributed by atoms with Crippen molar-refractivity contribution in [1.29, 1.82) is 0 Å². The molecular formula is C20H23ClIN3O2. The molecule has 0 bridgehead atoms. The van der Waals surface area contributed by atoms with E-state index < -0.39 is 0 Å². The van der Waals surface area contributed by atoms with Crippen molar-refractivity contribution in [2.75, 3.05) is 26.3 Å². The van der Waals surface area contributed by atoms with E-state index in [-0.39, 0.29) is 29.4 Å². The van der Waals surface area contributed by atoms with Crippen LogP contribution in [0.3, 0.4) is 0 Å². The third-order valence-corrected chi connectivity index (χ3v) is 5.12. The second kappa shape index (κ2) is 9.12. The Hall–Kier alpha value is -1.51. The normalized spacial score (nSPS) is 17.1. The van der Waals surface area contributed by atoms with Crippen molar-refractivity contribution in [2.45, 2.75) is 13.2 Å². The summed E-state index contributed by atoms with van der Waals surface area (Å²) >= 11 is 6.16. The number of aliphatic imine (C=N–C) groups is 1. The number of hydrogen-bond donors (Lipinski definition) is 2. The van der Waals surface area contributed by atoms with Gasteiger partial charge in [0.05, 0.1) is 30.2 Å². The molecule has 5 nitrogen and oxygen atoms in total. The van der Waals surface area contributed by atoms with E-state index in [2.05, 4.69) is 27.8 Å². The fourth-order valence-corrected chi connectivity index (χ4v) is 3.29. The lowest BCUT2D eigenvalue weighted by atomic mass is 9.85. The van der Waals surface area contributed by atoms with Gasteiger partial charge in [0.2, 0.25) is 0 Å². The number of benzene rings is 2. The third kappa shape index (κ3) is 4.86. The summed E-state index contributed by atoms with van der Waals surface area (Å²) in [5, 5.41) is 7.39. The predicted molar refractivity (Wildman–Crippen MR) is 118 cm³/mol. The van der Waals surface area contributed by atoms with Crippen LogP contribution in [0, 0.1) is 5.41 Å². The number of nitrogens with one attached hydrogen (secondary N) is 2. The maximum Gasteiger partial charge on any atom is 0.191 e. The van der Waals surface area contributed by atoms with Crippen molar-refractivity contribution >= 4 is 41.5 Å². The number of hydrogen-bond acceptors (Lipinski definition) is 5. The number of ether oxygens (including phenoxy) is 2. The van der Waals surface area contributed by atoms with Gasteiger partial charge in [0.15, 0.2) is 5.96 Å². The maximum atomic E-state index is 6.16. The first-order valence-corrected chi connectivity index (χ1v) is 9.16. The monoisotopic (exact) mass is 499 g/mol. The van der Waals surface area contributed by atoms with Gasteiger partial charge in [0, 0.05) is 13.1 Å². The van der Waals surface area contributed by atoms with Crippen LogP contribution in [0.5, 0.6) is 5.75 Å². The van der Waals surface area contributed by atoms with Gasteiger partial charge >= 0.3 is 0 Å². The molecule has 144 valence electrons. The maximum absolute atomic E-state index is 6.16. The molecule has 27 heavy (non-hydrogen) atoms. The van der Waals surface area contributed by atoms with Crippen molar-refractivity contribution in [2.24, 2.45) is 10.4 Å². The average Bonchev–Trinajstić information content (AvgIpc) is 2.65. The SMILES string of the molecule is Clc1ccccc1OCc1ccccc1CNC1=NCC2(CN1)COC2.I. The zero-order valence-electron chi connectivity index (χ0n) is 14.9. The van der Waals surface area contributed by atoms with Crippen LogP contribution in [0.1, 0.15) is 11.1 Å². The van der Waals surface area contributed by atoms with Gasteiger partial charge < -0.3 is 20.1 Å². The highest BCUT2D eigenvalue weighted by Gasteiger charge is 2.40. The highest BCUT2D eigenvalue weighted by atomic mass is 127. The van der Waals surface area contributed by atoms with Gasteiger partial charge in [-0.3, -0.25) is 4.99 Å². The van der Waals surface area contributed by atoms with E-state index in [1.165, 1.54) is 5.56 Å². The Bertz CT molecular complexity index is 811. The van der Waals surface area contributed by atoms with Gasteiger partial charge in [-0.25, -0.2) is 0 Å². The Labute approximate surface area is 181 Å². The Morgan fingerprint density at radius 1 is 1.11 bits per heavy atom. The molecule has 2 aliphatic rings. The number of nitrogens with zero attached hydrogens (tertiary/aromatic N) is 1. The average molecular weight is 500 g/mol. The van der Waals surface area contributed by atoms with Gasteiger partial charge in [-0.05, 0) is 23.3 Å². The van der Waals surface area contributed by atoms with E-state index in [0.29, 0.717) is 23.9 Å². The Kier molecular flexibility index (Phi) is 6.83. The summed E-state index contributed by atoms with van der Waals surface area (Å²) in [6.45, 7) is 4.51. The highest BCUT2D eigenvalue weighted by Crippen LogP contribution is 2.28. The van der Waals surface area contributed by atoms with Gasteiger partial charge in [-0.15, -0.1) is 24.0 Å². The lowest BCUT2D eigenvalue weighted by Crippen LogP contribution is -2.57. The van der Waals surface area contributed by atoms with Gasteiger partial charge in [-0.1, -0.05) is 48.0 Å². The van der Waals surface area contributed by atoms with Crippen LogP contribution in [0.15, 0.2) is 53.5 Å². The minimum atomic E-state index is 0. The minimum Gasteiger partial charge on any atom is -0.487 e. The standard InChI is InChI=1S/C20H22ClN3O2.HI/c21-17-7-3-4-8-18(17)26-10-16-6-2-1-5-15(16)9-22-19-23-11-20(12-24-19)13-25-14-20;/h1-8H,9-14H2,(H2,22,23,24);1H. The smallest absolute Gasteiger partial charge is 0.191 e. The van der Waals surface area contributed by atoms with Crippen LogP contribution >= 0.6 is 35.6 Å². The van der Waals surface area contributed by atoms with E-state index in [9.17, 15) is 0 Å². The Balaban J connectivity index is 0.00000210. The molecule has 2 aromatic carbocycles. The molecule has 0 aliphatic carbocycles. The number of guanidine groups is 1. The summed E-state index contributed by atoms with van der Waals surface area (Å²) < 4.78 is 11.2.